The predicted molar refractivity (Wildman–Crippen MR) is 71.0 cm³/mol. The van der Waals surface area contributed by atoms with E-state index in [4.69, 9.17) is 0 Å². The Morgan fingerprint density at radius 1 is 1.24 bits per heavy atom. The predicted octanol–water partition coefficient (Wildman–Crippen LogP) is 3.09. The highest BCUT2D eigenvalue weighted by Gasteiger charge is 2.12. The number of aryl methyl sites for hydroxylation is 2. The van der Waals surface area contributed by atoms with Gasteiger partial charge in [-0.25, -0.2) is 0 Å². The molecule has 96 valence electrons. The minimum atomic E-state index is 0.959. The van der Waals surface area contributed by atoms with Crippen molar-refractivity contribution in [1.29, 1.82) is 0 Å². The van der Waals surface area contributed by atoms with E-state index in [0.29, 0.717) is 0 Å². The monoisotopic (exact) mass is 235 g/mol. The van der Waals surface area contributed by atoms with Crippen LogP contribution in [-0.4, -0.2) is 16.7 Å². The van der Waals surface area contributed by atoms with Crippen LogP contribution in [0.1, 0.15) is 55.5 Å². The van der Waals surface area contributed by atoms with E-state index in [2.05, 4.69) is 29.4 Å². The molecule has 0 aromatic carbocycles. The summed E-state index contributed by atoms with van der Waals surface area (Å²) in [6.07, 6.45) is 8.60. The zero-order valence-electron chi connectivity index (χ0n) is 11.2. The summed E-state index contributed by atoms with van der Waals surface area (Å²) in [7, 11) is 0. The summed E-state index contributed by atoms with van der Waals surface area (Å²) in [5.41, 5.74) is 3.67. The number of aromatic nitrogens is 2. The highest BCUT2D eigenvalue weighted by Crippen LogP contribution is 2.25. The lowest BCUT2D eigenvalue weighted by Crippen LogP contribution is -2.19. The van der Waals surface area contributed by atoms with Gasteiger partial charge in [0.15, 0.2) is 0 Å². The fraction of sp³-hybridized carbons (Fsp3) is 0.786. The molecule has 2 N–H and O–H groups in total. The number of rotatable bonds is 5. The van der Waals surface area contributed by atoms with Crippen LogP contribution in [0.25, 0.3) is 0 Å². The van der Waals surface area contributed by atoms with E-state index in [1.807, 2.05) is 0 Å². The number of aromatic amines is 1. The number of hydrogen-bond acceptors (Lipinski definition) is 2. The normalized spacial score (nSPS) is 17.5. The average molecular weight is 235 g/mol. The molecule has 0 saturated heterocycles. The standard InChI is InChI=1S/C14H25N3/c1-11-14(12(2)17-16-11)10-15-9-8-13-6-4-3-5-7-13/h13,15H,3-10H2,1-2H3,(H,16,17). The lowest BCUT2D eigenvalue weighted by Gasteiger charge is -2.21. The molecule has 1 aromatic rings. The van der Waals surface area contributed by atoms with E-state index in [1.54, 1.807) is 0 Å². The molecule has 1 aliphatic carbocycles. The topological polar surface area (TPSA) is 40.7 Å². The smallest absolute Gasteiger partial charge is 0.0638 e. The summed E-state index contributed by atoms with van der Waals surface area (Å²) >= 11 is 0. The van der Waals surface area contributed by atoms with Crippen molar-refractivity contribution in [1.82, 2.24) is 15.5 Å². The zero-order valence-corrected chi connectivity index (χ0v) is 11.2. The van der Waals surface area contributed by atoms with Gasteiger partial charge >= 0.3 is 0 Å². The maximum Gasteiger partial charge on any atom is 0.0638 e. The van der Waals surface area contributed by atoms with Crippen molar-refractivity contribution in [3.8, 4) is 0 Å². The molecule has 1 aliphatic rings. The first-order valence-corrected chi connectivity index (χ1v) is 6.98. The summed E-state index contributed by atoms with van der Waals surface area (Å²) in [5, 5.41) is 10.8. The van der Waals surface area contributed by atoms with Crippen LogP contribution in [0.15, 0.2) is 0 Å². The second-order valence-electron chi connectivity index (χ2n) is 5.38. The summed E-state index contributed by atoms with van der Waals surface area (Å²) in [6.45, 7) is 6.27. The molecule has 1 fully saturated rings. The third-order valence-corrected chi connectivity index (χ3v) is 4.04. The highest BCUT2D eigenvalue weighted by atomic mass is 15.1. The molecule has 2 rings (SSSR count). The molecule has 1 aromatic heterocycles. The van der Waals surface area contributed by atoms with Crippen molar-refractivity contribution in [3.63, 3.8) is 0 Å². The third kappa shape index (κ3) is 3.56. The van der Waals surface area contributed by atoms with Gasteiger partial charge in [-0.3, -0.25) is 5.10 Å². The van der Waals surface area contributed by atoms with E-state index < -0.39 is 0 Å². The molecule has 17 heavy (non-hydrogen) atoms. The van der Waals surface area contributed by atoms with Crippen molar-refractivity contribution in [3.05, 3.63) is 17.0 Å². The van der Waals surface area contributed by atoms with Crippen LogP contribution in [0.5, 0.6) is 0 Å². The Balaban J connectivity index is 1.66. The molecular weight excluding hydrogens is 210 g/mol. The van der Waals surface area contributed by atoms with Gasteiger partial charge in [-0.2, -0.15) is 5.10 Å². The van der Waals surface area contributed by atoms with Crippen molar-refractivity contribution < 1.29 is 0 Å². The fourth-order valence-corrected chi connectivity index (χ4v) is 2.83. The molecule has 1 saturated carbocycles. The van der Waals surface area contributed by atoms with Gasteiger partial charge in [0.05, 0.1) is 5.69 Å². The quantitative estimate of drug-likeness (QED) is 0.770. The van der Waals surface area contributed by atoms with Crippen molar-refractivity contribution in [2.24, 2.45) is 5.92 Å². The van der Waals surface area contributed by atoms with Crippen molar-refractivity contribution in [2.75, 3.05) is 6.54 Å². The summed E-state index contributed by atoms with van der Waals surface area (Å²) in [4.78, 5) is 0. The van der Waals surface area contributed by atoms with Gasteiger partial charge in [0.2, 0.25) is 0 Å². The Morgan fingerprint density at radius 3 is 2.65 bits per heavy atom. The lowest BCUT2D eigenvalue weighted by molar-refractivity contribution is 0.334. The Labute approximate surface area is 104 Å². The summed E-state index contributed by atoms with van der Waals surface area (Å²) < 4.78 is 0. The maximum absolute atomic E-state index is 4.22. The summed E-state index contributed by atoms with van der Waals surface area (Å²) in [6, 6.07) is 0. The van der Waals surface area contributed by atoms with Gasteiger partial charge in [-0.15, -0.1) is 0 Å². The van der Waals surface area contributed by atoms with E-state index >= 15 is 0 Å². The molecular formula is C14H25N3. The molecule has 3 heteroatoms. The first-order valence-electron chi connectivity index (χ1n) is 6.98. The molecule has 1 heterocycles. The third-order valence-electron chi connectivity index (χ3n) is 4.04. The zero-order chi connectivity index (χ0) is 12.1. The second-order valence-corrected chi connectivity index (χ2v) is 5.38. The van der Waals surface area contributed by atoms with Crippen LogP contribution < -0.4 is 5.32 Å². The maximum atomic E-state index is 4.22. The number of nitrogens with one attached hydrogen (secondary N) is 2. The van der Waals surface area contributed by atoms with Gasteiger partial charge < -0.3 is 5.32 Å². The van der Waals surface area contributed by atoms with Gasteiger partial charge in [0, 0.05) is 17.8 Å². The Hall–Kier alpha value is -0.830. The Bertz CT molecular complexity index is 318. The van der Waals surface area contributed by atoms with E-state index in [1.165, 1.54) is 49.8 Å². The van der Waals surface area contributed by atoms with Gasteiger partial charge in [-0.05, 0) is 32.7 Å². The molecule has 0 atom stereocenters. The van der Waals surface area contributed by atoms with E-state index in [-0.39, 0.29) is 0 Å². The average Bonchev–Trinajstić information content (AvgIpc) is 2.67. The Kier molecular flexibility index (Phi) is 4.60. The largest absolute Gasteiger partial charge is 0.313 e. The molecule has 0 aliphatic heterocycles. The highest BCUT2D eigenvalue weighted by molar-refractivity contribution is 5.22. The number of nitrogens with zero attached hydrogens (tertiary/aromatic N) is 1. The first-order chi connectivity index (χ1) is 8.27. The SMILES string of the molecule is Cc1n[nH]c(C)c1CNCCC1CCCCC1. The molecule has 0 spiro atoms. The molecule has 0 unspecified atom stereocenters. The summed E-state index contributed by atoms with van der Waals surface area (Å²) in [5.74, 6) is 0.975. The number of hydrogen-bond donors (Lipinski definition) is 2. The van der Waals surface area contributed by atoms with Crippen LogP contribution in [0.4, 0.5) is 0 Å². The van der Waals surface area contributed by atoms with Crippen LogP contribution in [-0.2, 0) is 6.54 Å². The van der Waals surface area contributed by atoms with E-state index in [0.717, 1.165) is 24.7 Å². The van der Waals surface area contributed by atoms with Gasteiger partial charge in [-0.1, -0.05) is 32.1 Å². The molecule has 3 nitrogen and oxygen atoms in total. The van der Waals surface area contributed by atoms with Crippen molar-refractivity contribution >= 4 is 0 Å². The second kappa shape index (κ2) is 6.20. The minimum Gasteiger partial charge on any atom is -0.313 e. The first kappa shape index (κ1) is 12.6. The lowest BCUT2D eigenvalue weighted by atomic mass is 9.87. The number of H-pyrrole nitrogens is 1. The van der Waals surface area contributed by atoms with Crippen molar-refractivity contribution in [2.45, 2.75) is 58.9 Å². The van der Waals surface area contributed by atoms with Crippen LogP contribution in [0, 0.1) is 19.8 Å². The van der Waals surface area contributed by atoms with Crippen LogP contribution >= 0.6 is 0 Å². The van der Waals surface area contributed by atoms with E-state index in [9.17, 15) is 0 Å². The van der Waals surface area contributed by atoms with Crippen LogP contribution in [0.3, 0.4) is 0 Å². The molecule has 0 amide bonds. The fourth-order valence-electron chi connectivity index (χ4n) is 2.83. The van der Waals surface area contributed by atoms with Crippen LogP contribution in [0.2, 0.25) is 0 Å². The van der Waals surface area contributed by atoms with Gasteiger partial charge in [0.25, 0.3) is 0 Å². The minimum absolute atomic E-state index is 0.959. The molecule has 0 bridgehead atoms. The Morgan fingerprint density at radius 2 is 2.00 bits per heavy atom. The van der Waals surface area contributed by atoms with Gasteiger partial charge in [0.1, 0.15) is 0 Å². The molecule has 0 radical (unpaired) electrons.